The van der Waals surface area contributed by atoms with Crippen LogP contribution in [0.5, 0.6) is 5.75 Å². The molecule has 2 heterocycles. The Bertz CT molecular complexity index is 1250. The second kappa shape index (κ2) is 16.3. The van der Waals surface area contributed by atoms with Crippen molar-refractivity contribution in [2.24, 2.45) is 5.41 Å². The highest BCUT2D eigenvalue weighted by molar-refractivity contribution is 5.74. The Balaban J connectivity index is 1.55. The van der Waals surface area contributed by atoms with Crippen LogP contribution in [0.25, 0.3) is 0 Å². The van der Waals surface area contributed by atoms with E-state index in [-0.39, 0.29) is 18.9 Å². The molecule has 2 aliphatic rings. The van der Waals surface area contributed by atoms with Gasteiger partial charge in [-0.15, -0.1) is 0 Å². The number of rotatable bonds is 16. The summed E-state index contributed by atoms with van der Waals surface area (Å²) >= 11 is 0. The van der Waals surface area contributed by atoms with Crippen molar-refractivity contribution in [3.8, 4) is 5.75 Å². The number of amides is 1. The first-order valence-corrected chi connectivity index (χ1v) is 15.6. The lowest BCUT2D eigenvalue weighted by Crippen LogP contribution is -2.53. The highest BCUT2D eigenvalue weighted by Gasteiger charge is 2.43. The third-order valence-corrected chi connectivity index (χ3v) is 8.69. The van der Waals surface area contributed by atoms with Crippen LogP contribution >= 0.6 is 0 Å². The maximum Gasteiger partial charge on any atom is 0.407 e. The average Bonchev–Trinajstić information content (AvgIpc) is 3.02. The smallest absolute Gasteiger partial charge is 0.407 e. The number of carboxylic acids is 1. The number of fused-ring (bicyclic) bond motifs is 1. The molecule has 0 unspecified atom stereocenters. The fourth-order valence-corrected chi connectivity index (χ4v) is 6.10. The predicted molar refractivity (Wildman–Crippen MR) is 169 cm³/mol. The maximum atomic E-state index is 12.5. The molecule has 2 aromatic carbocycles. The van der Waals surface area contributed by atoms with Crippen LogP contribution in [0.1, 0.15) is 55.7 Å². The first-order chi connectivity index (χ1) is 21.6. The molecule has 1 fully saturated rings. The fraction of sp³-hybridized carbons (Fsp3) is 0.588. The van der Waals surface area contributed by atoms with Crippen molar-refractivity contribution in [1.82, 2.24) is 4.90 Å². The van der Waals surface area contributed by atoms with Gasteiger partial charge < -0.3 is 43.7 Å². The number of nitrogens with zero attached hydrogens (tertiary/aromatic N) is 2. The van der Waals surface area contributed by atoms with E-state index >= 15 is 0 Å². The van der Waals surface area contributed by atoms with Crippen molar-refractivity contribution in [3.63, 3.8) is 0 Å². The Morgan fingerprint density at radius 3 is 2.40 bits per heavy atom. The molecule has 45 heavy (non-hydrogen) atoms. The third-order valence-electron chi connectivity index (χ3n) is 8.69. The summed E-state index contributed by atoms with van der Waals surface area (Å²) in [6, 6.07) is 13.7. The zero-order valence-corrected chi connectivity index (χ0v) is 26.9. The number of likely N-dealkylation sites (tertiary alicyclic amines) is 1. The van der Waals surface area contributed by atoms with E-state index in [2.05, 4.69) is 11.0 Å². The van der Waals surface area contributed by atoms with E-state index in [1.54, 1.807) is 28.1 Å². The van der Waals surface area contributed by atoms with Crippen LogP contribution in [0.4, 0.5) is 10.5 Å². The molecule has 1 saturated heterocycles. The van der Waals surface area contributed by atoms with Crippen molar-refractivity contribution < 1.29 is 43.5 Å². The Hall–Kier alpha value is -3.38. The second-order valence-corrected chi connectivity index (χ2v) is 12.4. The SMILES string of the molecule is COCCCN1CCOc2ccc(CO[C@H]3CN(C(=O)O)[C@@H](CC(C)(C)C(=O)O)C[C@@H]3c3ccc(COCCOC)cc3)cc21. The number of hydrogen-bond acceptors (Lipinski definition) is 8. The lowest BCUT2D eigenvalue weighted by atomic mass is 9.77. The summed E-state index contributed by atoms with van der Waals surface area (Å²) in [7, 11) is 3.34. The zero-order valence-electron chi connectivity index (χ0n) is 26.9. The highest BCUT2D eigenvalue weighted by atomic mass is 16.5. The van der Waals surface area contributed by atoms with Gasteiger partial charge >= 0.3 is 12.1 Å². The first kappa shape index (κ1) is 34.5. The zero-order chi connectivity index (χ0) is 32.4. The normalized spacial score (nSPS) is 20.0. The molecule has 0 radical (unpaired) electrons. The van der Waals surface area contributed by atoms with Crippen LogP contribution in [-0.2, 0) is 37.0 Å². The lowest BCUT2D eigenvalue weighted by Gasteiger charge is -2.44. The molecule has 2 N–H and O–H groups in total. The van der Waals surface area contributed by atoms with Crippen LogP contribution in [0.2, 0.25) is 0 Å². The van der Waals surface area contributed by atoms with Crippen molar-refractivity contribution in [2.75, 3.05) is 65.2 Å². The summed E-state index contributed by atoms with van der Waals surface area (Å²) in [5.74, 6) is -0.247. The van der Waals surface area contributed by atoms with Gasteiger partial charge in [0.05, 0.1) is 56.7 Å². The van der Waals surface area contributed by atoms with E-state index in [0.29, 0.717) is 46.1 Å². The van der Waals surface area contributed by atoms with E-state index in [1.807, 2.05) is 36.4 Å². The van der Waals surface area contributed by atoms with Gasteiger partial charge in [0.1, 0.15) is 12.4 Å². The van der Waals surface area contributed by atoms with Crippen molar-refractivity contribution >= 4 is 17.7 Å². The summed E-state index contributed by atoms with van der Waals surface area (Å²) in [5, 5.41) is 20.0. The number of piperidine rings is 1. The Labute approximate surface area is 266 Å². The molecular formula is C34H48N2O9. The van der Waals surface area contributed by atoms with E-state index in [9.17, 15) is 19.8 Å². The van der Waals surface area contributed by atoms with Gasteiger partial charge in [0, 0.05) is 39.3 Å². The van der Waals surface area contributed by atoms with E-state index < -0.39 is 29.6 Å². The maximum absolute atomic E-state index is 12.5. The molecule has 0 aliphatic carbocycles. The Morgan fingerprint density at radius 1 is 0.978 bits per heavy atom. The number of carboxylic acid groups (broad SMARTS) is 2. The Morgan fingerprint density at radius 2 is 1.71 bits per heavy atom. The first-order valence-electron chi connectivity index (χ1n) is 15.6. The molecule has 0 bridgehead atoms. The lowest BCUT2D eigenvalue weighted by molar-refractivity contribution is -0.148. The van der Waals surface area contributed by atoms with Gasteiger partial charge in [0.25, 0.3) is 0 Å². The number of carbonyl (C=O) groups is 2. The van der Waals surface area contributed by atoms with Crippen molar-refractivity contribution in [2.45, 2.75) is 64.4 Å². The number of benzene rings is 2. The summed E-state index contributed by atoms with van der Waals surface area (Å²) < 4.78 is 28.4. The van der Waals surface area contributed by atoms with E-state index in [1.165, 1.54) is 4.90 Å². The van der Waals surface area contributed by atoms with Crippen LogP contribution in [0.3, 0.4) is 0 Å². The molecule has 248 valence electrons. The standard InChI is InChI=1S/C34H48N2O9/c1-34(2,32(37)38)20-27-19-28(26-9-6-24(7-10-26)22-43-17-16-42-4)31(21-36(27)33(39)40)45-23-25-8-11-30-29(18-25)35(13-15-44-30)12-5-14-41-3/h6-11,18,27-28,31H,5,12-17,19-23H2,1-4H3,(H,37,38)(H,39,40)/t27-,28-,31+/m1/s1. The largest absolute Gasteiger partial charge is 0.490 e. The van der Waals surface area contributed by atoms with Gasteiger partial charge in [-0.05, 0) is 61.9 Å². The molecule has 4 rings (SSSR count). The van der Waals surface area contributed by atoms with Gasteiger partial charge in [-0.2, -0.15) is 0 Å². The van der Waals surface area contributed by atoms with Crippen molar-refractivity contribution in [3.05, 3.63) is 59.2 Å². The minimum atomic E-state index is -1.08. The van der Waals surface area contributed by atoms with Gasteiger partial charge in [-0.25, -0.2) is 4.79 Å². The minimum Gasteiger partial charge on any atom is -0.490 e. The third kappa shape index (κ3) is 9.32. The fourth-order valence-electron chi connectivity index (χ4n) is 6.10. The summed E-state index contributed by atoms with van der Waals surface area (Å²) in [6.07, 6.45) is 0.0487. The summed E-state index contributed by atoms with van der Waals surface area (Å²) in [5.41, 5.74) is 2.94. The van der Waals surface area contributed by atoms with Gasteiger partial charge in [-0.1, -0.05) is 30.3 Å². The summed E-state index contributed by atoms with van der Waals surface area (Å²) in [4.78, 5) is 28.1. The molecule has 3 atom stereocenters. The molecule has 0 saturated carbocycles. The molecule has 11 nitrogen and oxygen atoms in total. The number of hydrogen-bond donors (Lipinski definition) is 2. The van der Waals surface area contributed by atoms with Crippen LogP contribution in [0.15, 0.2) is 42.5 Å². The average molecular weight is 629 g/mol. The number of anilines is 1. The predicted octanol–water partition coefficient (Wildman–Crippen LogP) is 5.01. The molecule has 11 heteroatoms. The van der Waals surface area contributed by atoms with E-state index in [4.69, 9.17) is 23.7 Å². The highest BCUT2D eigenvalue weighted by Crippen LogP contribution is 2.39. The minimum absolute atomic E-state index is 0.134. The molecule has 1 amide bonds. The van der Waals surface area contributed by atoms with Crippen molar-refractivity contribution in [1.29, 1.82) is 0 Å². The summed E-state index contributed by atoms with van der Waals surface area (Å²) in [6.45, 7) is 8.17. The molecular weight excluding hydrogens is 580 g/mol. The van der Waals surface area contributed by atoms with Gasteiger partial charge in [0.2, 0.25) is 0 Å². The molecule has 0 spiro atoms. The van der Waals surface area contributed by atoms with Gasteiger partial charge in [-0.3, -0.25) is 4.79 Å². The molecule has 0 aromatic heterocycles. The molecule has 2 aromatic rings. The van der Waals surface area contributed by atoms with Crippen LogP contribution in [-0.4, -0.2) is 99.6 Å². The monoisotopic (exact) mass is 628 g/mol. The number of ether oxygens (including phenoxy) is 5. The van der Waals surface area contributed by atoms with Crippen LogP contribution in [0, 0.1) is 5.41 Å². The van der Waals surface area contributed by atoms with Gasteiger partial charge in [0.15, 0.2) is 0 Å². The Kier molecular flexibility index (Phi) is 12.5. The number of aliphatic carboxylic acids is 1. The van der Waals surface area contributed by atoms with Crippen LogP contribution < -0.4 is 9.64 Å². The topological polar surface area (TPSA) is 127 Å². The molecule has 2 aliphatic heterocycles. The van der Waals surface area contributed by atoms with E-state index in [0.717, 1.165) is 47.6 Å². The quantitative estimate of drug-likeness (QED) is 0.245. The number of methoxy groups -OCH3 is 2. The second-order valence-electron chi connectivity index (χ2n) is 12.4.